The molecule has 3 heterocycles. The van der Waals surface area contributed by atoms with Gasteiger partial charge in [0, 0.05) is 44.3 Å². The highest BCUT2D eigenvalue weighted by Crippen LogP contribution is 2.23. The van der Waals surface area contributed by atoms with E-state index >= 15 is 0 Å². The van der Waals surface area contributed by atoms with Crippen molar-refractivity contribution in [3.63, 3.8) is 0 Å². The minimum Gasteiger partial charge on any atom is -0.477 e. The van der Waals surface area contributed by atoms with Crippen molar-refractivity contribution < 1.29 is 9.90 Å². The molecule has 0 spiro atoms. The smallest absolute Gasteiger partial charge is 0.354 e. The van der Waals surface area contributed by atoms with Crippen molar-refractivity contribution in [3.05, 3.63) is 17.5 Å². The van der Waals surface area contributed by atoms with E-state index in [2.05, 4.69) is 31.8 Å². The molecule has 0 amide bonds. The lowest BCUT2D eigenvalue weighted by Crippen LogP contribution is -2.50. The molecule has 116 valence electrons. The maximum absolute atomic E-state index is 11.1. The quantitative estimate of drug-likeness (QED) is 0.868. The van der Waals surface area contributed by atoms with Gasteiger partial charge in [-0.3, -0.25) is 14.9 Å². The molecule has 2 fully saturated rings. The van der Waals surface area contributed by atoms with E-state index in [9.17, 15) is 4.79 Å². The molecule has 2 aliphatic rings. The number of piperazine rings is 1. The van der Waals surface area contributed by atoms with E-state index in [-0.39, 0.29) is 5.69 Å². The van der Waals surface area contributed by atoms with Crippen LogP contribution in [0.1, 0.15) is 28.9 Å². The lowest BCUT2D eigenvalue weighted by Gasteiger charge is -2.40. The summed E-state index contributed by atoms with van der Waals surface area (Å²) < 4.78 is 0. The summed E-state index contributed by atoms with van der Waals surface area (Å²) in [5, 5.41) is 15.5. The molecule has 7 heteroatoms. The summed E-state index contributed by atoms with van der Waals surface area (Å²) in [6.07, 6.45) is 4.26. The monoisotopic (exact) mass is 310 g/mol. The molecule has 0 aliphatic carbocycles. The van der Waals surface area contributed by atoms with Gasteiger partial charge in [0.25, 0.3) is 0 Å². The third-order valence-electron chi connectivity index (χ3n) is 4.44. The SMILES string of the molecule is O=C(O)c1[nH]ncc1CN1CCN(C2CCSCC2)CC1. The third kappa shape index (κ3) is 3.59. The van der Waals surface area contributed by atoms with E-state index in [1.807, 2.05) is 0 Å². The summed E-state index contributed by atoms with van der Waals surface area (Å²) >= 11 is 2.07. The maximum atomic E-state index is 11.1. The number of hydrogen-bond acceptors (Lipinski definition) is 5. The second kappa shape index (κ2) is 6.81. The zero-order valence-electron chi connectivity index (χ0n) is 12.1. The van der Waals surface area contributed by atoms with Gasteiger partial charge in [0.15, 0.2) is 0 Å². The van der Waals surface area contributed by atoms with E-state index in [0.717, 1.165) is 37.8 Å². The van der Waals surface area contributed by atoms with Gasteiger partial charge in [-0.2, -0.15) is 16.9 Å². The van der Waals surface area contributed by atoms with E-state index < -0.39 is 5.97 Å². The van der Waals surface area contributed by atoms with Crippen LogP contribution in [0, 0.1) is 0 Å². The van der Waals surface area contributed by atoms with Gasteiger partial charge in [0.05, 0.1) is 6.20 Å². The van der Waals surface area contributed by atoms with Crippen LogP contribution in [0.4, 0.5) is 0 Å². The van der Waals surface area contributed by atoms with Crippen LogP contribution >= 0.6 is 11.8 Å². The first-order valence-corrected chi connectivity index (χ1v) is 8.69. The average molecular weight is 310 g/mol. The molecule has 3 rings (SSSR count). The number of nitrogens with one attached hydrogen (secondary N) is 1. The number of aromatic amines is 1. The first kappa shape index (κ1) is 14.9. The highest BCUT2D eigenvalue weighted by molar-refractivity contribution is 7.99. The van der Waals surface area contributed by atoms with E-state index in [4.69, 9.17) is 5.11 Å². The van der Waals surface area contributed by atoms with Gasteiger partial charge < -0.3 is 5.11 Å². The van der Waals surface area contributed by atoms with Crippen molar-refractivity contribution in [3.8, 4) is 0 Å². The second-order valence-electron chi connectivity index (χ2n) is 5.73. The van der Waals surface area contributed by atoms with Gasteiger partial charge in [0.1, 0.15) is 5.69 Å². The molecular weight excluding hydrogens is 288 g/mol. The van der Waals surface area contributed by atoms with Crippen molar-refractivity contribution in [2.45, 2.75) is 25.4 Å². The number of aromatic carboxylic acids is 1. The molecule has 0 bridgehead atoms. The third-order valence-corrected chi connectivity index (χ3v) is 5.49. The zero-order chi connectivity index (χ0) is 14.7. The van der Waals surface area contributed by atoms with E-state index in [0.29, 0.717) is 6.54 Å². The minimum atomic E-state index is -0.930. The Labute approximate surface area is 128 Å². The van der Waals surface area contributed by atoms with Gasteiger partial charge in [-0.05, 0) is 24.3 Å². The Morgan fingerprint density at radius 2 is 2.05 bits per heavy atom. The number of H-pyrrole nitrogens is 1. The second-order valence-corrected chi connectivity index (χ2v) is 6.96. The lowest BCUT2D eigenvalue weighted by atomic mass is 10.1. The van der Waals surface area contributed by atoms with Crippen LogP contribution in [0.5, 0.6) is 0 Å². The number of nitrogens with zero attached hydrogens (tertiary/aromatic N) is 3. The molecular formula is C14H22N4O2S. The minimum absolute atomic E-state index is 0.224. The predicted octanol–water partition coefficient (Wildman–Crippen LogP) is 1.12. The average Bonchev–Trinajstić information content (AvgIpc) is 2.97. The number of carboxylic acid groups (broad SMARTS) is 1. The van der Waals surface area contributed by atoms with Crippen LogP contribution in [-0.4, -0.2) is 74.8 Å². The molecule has 2 saturated heterocycles. The van der Waals surface area contributed by atoms with Crippen molar-refractivity contribution >= 4 is 17.7 Å². The van der Waals surface area contributed by atoms with Crippen LogP contribution in [0.25, 0.3) is 0 Å². The molecule has 0 atom stereocenters. The molecule has 2 N–H and O–H groups in total. The number of aromatic nitrogens is 2. The van der Waals surface area contributed by atoms with Gasteiger partial charge in [-0.1, -0.05) is 0 Å². The first-order chi connectivity index (χ1) is 10.2. The van der Waals surface area contributed by atoms with Crippen LogP contribution < -0.4 is 0 Å². The molecule has 1 aromatic rings. The lowest BCUT2D eigenvalue weighted by molar-refractivity contribution is 0.0683. The molecule has 6 nitrogen and oxygen atoms in total. The Morgan fingerprint density at radius 3 is 2.71 bits per heavy atom. The Hall–Kier alpha value is -1.05. The summed E-state index contributed by atoms with van der Waals surface area (Å²) in [6.45, 7) is 4.87. The molecule has 0 radical (unpaired) electrons. The van der Waals surface area contributed by atoms with Crippen molar-refractivity contribution in [2.24, 2.45) is 0 Å². The van der Waals surface area contributed by atoms with Gasteiger partial charge in [-0.25, -0.2) is 4.79 Å². The molecule has 21 heavy (non-hydrogen) atoms. The number of rotatable bonds is 4. The van der Waals surface area contributed by atoms with E-state index in [1.54, 1.807) is 6.20 Å². The standard InChI is InChI=1S/C14H22N4O2S/c19-14(20)13-11(9-15-16-13)10-17-3-5-18(6-4-17)12-1-7-21-8-2-12/h9,12H,1-8,10H2,(H,15,16)(H,19,20). The molecule has 0 saturated carbocycles. The van der Waals surface area contributed by atoms with Crippen LogP contribution in [0.3, 0.4) is 0 Å². The Kier molecular flexibility index (Phi) is 4.82. The van der Waals surface area contributed by atoms with Gasteiger partial charge >= 0.3 is 5.97 Å². The summed E-state index contributed by atoms with van der Waals surface area (Å²) in [5.74, 6) is 1.66. The van der Waals surface area contributed by atoms with Crippen LogP contribution in [0.15, 0.2) is 6.20 Å². The Morgan fingerprint density at radius 1 is 1.33 bits per heavy atom. The Bertz CT molecular complexity index is 479. The first-order valence-electron chi connectivity index (χ1n) is 7.53. The highest BCUT2D eigenvalue weighted by Gasteiger charge is 2.26. The van der Waals surface area contributed by atoms with Crippen molar-refractivity contribution in [1.82, 2.24) is 20.0 Å². The summed E-state index contributed by atoms with van der Waals surface area (Å²) in [4.78, 5) is 16.0. The number of carbonyl (C=O) groups is 1. The predicted molar refractivity (Wildman–Crippen MR) is 82.7 cm³/mol. The van der Waals surface area contributed by atoms with Gasteiger partial charge in [0.2, 0.25) is 0 Å². The van der Waals surface area contributed by atoms with Crippen LogP contribution in [0.2, 0.25) is 0 Å². The van der Waals surface area contributed by atoms with Crippen molar-refractivity contribution in [1.29, 1.82) is 0 Å². The summed E-state index contributed by atoms with van der Waals surface area (Å²) in [6, 6.07) is 0.761. The molecule has 0 aromatic carbocycles. The van der Waals surface area contributed by atoms with Crippen LogP contribution in [-0.2, 0) is 6.54 Å². The fourth-order valence-corrected chi connectivity index (χ4v) is 4.28. The zero-order valence-corrected chi connectivity index (χ0v) is 12.9. The van der Waals surface area contributed by atoms with Gasteiger partial charge in [-0.15, -0.1) is 0 Å². The maximum Gasteiger partial charge on any atom is 0.354 e. The summed E-state index contributed by atoms with van der Waals surface area (Å²) in [7, 11) is 0. The summed E-state index contributed by atoms with van der Waals surface area (Å²) in [5.41, 5.74) is 1.01. The van der Waals surface area contributed by atoms with Crippen molar-refractivity contribution in [2.75, 3.05) is 37.7 Å². The van der Waals surface area contributed by atoms with E-state index in [1.165, 1.54) is 24.3 Å². The molecule has 1 aromatic heterocycles. The number of thioether (sulfide) groups is 1. The Balaban J connectivity index is 1.51. The highest BCUT2D eigenvalue weighted by atomic mass is 32.2. The molecule has 2 aliphatic heterocycles. The normalized spacial score (nSPS) is 22.5. The fraction of sp³-hybridized carbons (Fsp3) is 0.714. The molecule has 0 unspecified atom stereocenters. The fourth-order valence-electron chi connectivity index (χ4n) is 3.19. The largest absolute Gasteiger partial charge is 0.477 e. The number of hydrogen-bond donors (Lipinski definition) is 2. The number of carboxylic acids is 1. The topological polar surface area (TPSA) is 72.5 Å².